The molecule has 1 amide bonds. The number of hydrogen-bond donors (Lipinski definition) is 1. The number of allylic oxidation sites excluding steroid dienone is 3. The van der Waals surface area contributed by atoms with Gasteiger partial charge in [-0.1, -0.05) is 73.9 Å². The fourth-order valence-corrected chi connectivity index (χ4v) is 2.36. The van der Waals surface area contributed by atoms with Gasteiger partial charge in [-0.3, -0.25) is 4.79 Å². The molecule has 2 aromatic carbocycles. The Bertz CT molecular complexity index is 724. The van der Waals surface area contributed by atoms with E-state index in [9.17, 15) is 4.79 Å². The fourth-order valence-electron chi connectivity index (χ4n) is 2.36. The number of benzene rings is 2. The van der Waals surface area contributed by atoms with Crippen molar-refractivity contribution >= 4 is 11.6 Å². The summed E-state index contributed by atoms with van der Waals surface area (Å²) in [7, 11) is 0. The van der Waals surface area contributed by atoms with Gasteiger partial charge in [0.05, 0.1) is 0 Å². The third-order valence-electron chi connectivity index (χ3n) is 4.37. The van der Waals surface area contributed by atoms with Crippen molar-refractivity contribution in [2.24, 2.45) is 0 Å². The first kappa shape index (κ1) is 22.4. The first-order chi connectivity index (χ1) is 13.0. The SMILES string of the molecule is C=C/C(C)=C\C.CCCCCc1ccc(C(=O)Nc2ccc(C)cc2)cc1. The predicted octanol–water partition coefficient (Wildman–Crippen LogP) is 7.12. The zero-order chi connectivity index (χ0) is 20.1. The third-order valence-corrected chi connectivity index (χ3v) is 4.37. The van der Waals surface area contributed by atoms with Gasteiger partial charge in [0, 0.05) is 11.3 Å². The topological polar surface area (TPSA) is 29.1 Å². The molecule has 144 valence electrons. The van der Waals surface area contributed by atoms with Crippen LogP contribution < -0.4 is 5.32 Å². The Morgan fingerprint density at radius 2 is 1.67 bits per heavy atom. The Morgan fingerprint density at radius 3 is 2.15 bits per heavy atom. The summed E-state index contributed by atoms with van der Waals surface area (Å²) in [5.41, 5.74) is 5.25. The molecule has 27 heavy (non-hydrogen) atoms. The van der Waals surface area contributed by atoms with Crippen molar-refractivity contribution < 1.29 is 4.79 Å². The lowest BCUT2D eigenvalue weighted by Gasteiger charge is -2.07. The van der Waals surface area contributed by atoms with E-state index in [1.807, 2.05) is 69.3 Å². The number of carbonyl (C=O) groups excluding carboxylic acids is 1. The Labute approximate surface area is 165 Å². The minimum atomic E-state index is -0.0565. The van der Waals surface area contributed by atoms with Gasteiger partial charge in [0.25, 0.3) is 5.91 Å². The normalized spacial score (nSPS) is 10.6. The molecule has 2 rings (SSSR count). The van der Waals surface area contributed by atoms with Crippen LogP contribution in [0.5, 0.6) is 0 Å². The number of hydrogen-bond acceptors (Lipinski definition) is 1. The molecule has 0 aliphatic carbocycles. The average Bonchev–Trinajstić information content (AvgIpc) is 2.70. The second kappa shape index (κ2) is 12.7. The first-order valence-electron chi connectivity index (χ1n) is 9.72. The highest BCUT2D eigenvalue weighted by Gasteiger charge is 2.05. The molecule has 2 aromatic rings. The number of anilines is 1. The van der Waals surface area contributed by atoms with Gasteiger partial charge in [0.2, 0.25) is 0 Å². The summed E-state index contributed by atoms with van der Waals surface area (Å²) >= 11 is 0. The molecule has 2 nitrogen and oxygen atoms in total. The van der Waals surface area contributed by atoms with Crippen LogP contribution in [-0.4, -0.2) is 5.91 Å². The maximum absolute atomic E-state index is 12.2. The minimum absolute atomic E-state index is 0.0565. The molecule has 0 bridgehead atoms. The molecule has 0 spiro atoms. The van der Waals surface area contributed by atoms with Gasteiger partial charge in [-0.2, -0.15) is 0 Å². The van der Waals surface area contributed by atoms with E-state index < -0.39 is 0 Å². The highest BCUT2D eigenvalue weighted by Crippen LogP contribution is 2.13. The van der Waals surface area contributed by atoms with Gasteiger partial charge in [-0.15, -0.1) is 0 Å². The van der Waals surface area contributed by atoms with E-state index in [0.29, 0.717) is 5.56 Å². The van der Waals surface area contributed by atoms with Gasteiger partial charge in [0.15, 0.2) is 0 Å². The van der Waals surface area contributed by atoms with Crippen LogP contribution >= 0.6 is 0 Å². The van der Waals surface area contributed by atoms with Crippen LogP contribution in [0.2, 0.25) is 0 Å². The Morgan fingerprint density at radius 1 is 1.04 bits per heavy atom. The van der Waals surface area contributed by atoms with Gasteiger partial charge >= 0.3 is 0 Å². The van der Waals surface area contributed by atoms with E-state index in [4.69, 9.17) is 0 Å². The molecule has 2 heteroatoms. The summed E-state index contributed by atoms with van der Waals surface area (Å²) < 4.78 is 0. The van der Waals surface area contributed by atoms with Crippen molar-refractivity contribution in [3.8, 4) is 0 Å². The van der Waals surface area contributed by atoms with Gasteiger partial charge < -0.3 is 5.32 Å². The lowest BCUT2D eigenvalue weighted by atomic mass is 10.1. The molecule has 0 fully saturated rings. The number of amides is 1. The van der Waals surface area contributed by atoms with Crippen LogP contribution in [-0.2, 0) is 6.42 Å². The molecule has 0 aliphatic rings. The molecular formula is C25H33NO. The molecule has 0 unspecified atom stereocenters. The van der Waals surface area contributed by atoms with Crippen molar-refractivity contribution in [3.05, 3.63) is 89.5 Å². The van der Waals surface area contributed by atoms with Crippen molar-refractivity contribution in [1.82, 2.24) is 0 Å². The van der Waals surface area contributed by atoms with Crippen LogP contribution in [0.25, 0.3) is 0 Å². The van der Waals surface area contributed by atoms with E-state index in [1.165, 1.54) is 36.0 Å². The van der Waals surface area contributed by atoms with Gasteiger partial charge in [-0.05, 0) is 63.4 Å². The van der Waals surface area contributed by atoms with E-state index >= 15 is 0 Å². The van der Waals surface area contributed by atoms with Crippen molar-refractivity contribution in [3.63, 3.8) is 0 Å². The highest BCUT2D eigenvalue weighted by molar-refractivity contribution is 6.04. The zero-order valence-corrected chi connectivity index (χ0v) is 17.2. The fraction of sp³-hybridized carbons (Fsp3) is 0.320. The van der Waals surface area contributed by atoms with Crippen molar-refractivity contribution in [2.75, 3.05) is 5.32 Å². The lowest BCUT2D eigenvalue weighted by Crippen LogP contribution is -2.11. The molecule has 0 atom stereocenters. The number of rotatable bonds is 7. The highest BCUT2D eigenvalue weighted by atomic mass is 16.1. The number of carbonyl (C=O) groups is 1. The average molecular weight is 364 g/mol. The lowest BCUT2D eigenvalue weighted by molar-refractivity contribution is 0.102. The predicted molar refractivity (Wildman–Crippen MR) is 118 cm³/mol. The standard InChI is InChI=1S/C19H23NO.C6H10/c1-3-4-5-6-16-9-11-17(12-10-16)19(21)20-18-13-7-15(2)8-14-18;1-4-6(3)5-2/h7-14H,3-6H2,1-2H3,(H,20,21);4-5H,1H2,2-3H3/b;6-5-. The molecule has 0 aliphatic heterocycles. The van der Waals surface area contributed by atoms with Crippen LogP contribution in [0.4, 0.5) is 5.69 Å². The van der Waals surface area contributed by atoms with Crippen molar-refractivity contribution in [2.45, 2.75) is 53.4 Å². The third kappa shape index (κ3) is 9.05. The monoisotopic (exact) mass is 363 g/mol. The number of nitrogens with one attached hydrogen (secondary N) is 1. The molecule has 0 radical (unpaired) electrons. The van der Waals surface area contributed by atoms with Gasteiger partial charge in [-0.25, -0.2) is 0 Å². The Balaban J connectivity index is 0.000000527. The minimum Gasteiger partial charge on any atom is -0.322 e. The summed E-state index contributed by atoms with van der Waals surface area (Å²) in [5.74, 6) is -0.0565. The summed E-state index contributed by atoms with van der Waals surface area (Å²) in [5, 5.41) is 2.92. The van der Waals surface area contributed by atoms with Crippen LogP contribution in [0.15, 0.2) is 72.8 Å². The molecule has 0 heterocycles. The first-order valence-corrected chi connectivity index (χ1v) is 9.72. The van der Waals surface area contributed by atoms with E-state index in [2.05, 4.69) is 31.0 Å². The smallest absolute Gasteiger partial charge is 0.255 e. The Kier molecular flexibility index (Phi) is 10.5. The maximum atomic E-state index is 12.2. The molecule has 0 saturated carbocycles. The molecule has 1 N–H and O–H groups in total. The maximum Gasteiger partial charge on any atom is 0.255 e. The zero-order valence-electron chi connectivity index (χ0n) is 17.2. The summed E-state index contributed by atoms with van der Waals surface area (Å²) in [4.78, 5) is 12.2. The van der Waals surface area contributed by atoms with Crippen LogP contribution in [0, 0.1) is 6.92 Å². The summed E-state index contributed by atoms with van der Waals surface area (Å²) in [6, 6.07) is 15.8. The second-order valence-corrected chi connectivity index (χ2v) is 6.71. The molecule has 0 aromatic heterocycles. The second-order valence-electron chi connectivity index (χ2n) is 6.71. The molecule has 0 saturated heterocycles. The quantitative estimate of drug-likeness (QED) is 0.412. The molecular weight excluding hydrogens is 330 g/mol. The summed E-state index contributed by atoms with van der Waals surface area (Å²) in [6.45, 7) is 11.8. The van der Waals surface area contributed by atoms with E-state index in [-0.39, 0.29) is 5.91 Å². The van der Waals surface area contributed by atoms with E-state index in [1.54, 1.807) is 0 Å². The van der Waals surface area contributed by atoms with Crippen molar-refractivity contribution in [1.29, 1.82) is 0 Å². The van der Waals surface area contributed by atoms with Crippen LogP contribution in [0.1, 0.15) is 61.5 Å². The summed E-state index contributed by atoms with van der Waals surface area (Å²) in [6.07, 6.45) is 8.65. The van der Waals surface area contributed by atoms with E-state index in [0.717, 1.165) is 12.1 Å². The van der Waals surface area contributed by atoms with Crippen LogP contribution in [0.3, 0.4) is 0 Å². The number of aryl methyl sites for hydroxylation is 2. The van der Waals surface area contributed by atoms with Gasteiger partial charge in [0.1, 0.15) is 0 Å². The largest absolute Gasteiger partial charge is 0.322 e. The Hall–Kier alpha value is -2.61. The number of unbranched alkanes of at least 4 members (excludes halogenated alkanes) is 2.